The van der Waals surface area contributed by atoms with Gasteiger partial charge in [0.15, 0.2) is 0 Å². The summed E-state index contributed by atoms with van der Waals surface area (Å²) in [6.45, 7) is 0. The fourth-order valence-corrected chi connectivity index (χ4v) is 0.456. The first kappa shape index (κ1) is 6.12. The van der Waals surface area contributed by atoms with Gasteiger partial charge in [-0.05, 0) is 0 Å². The van der Waals surface area contributed by atoms with Gasteiger partial charge in [-0.15, -0.1) is 0 Å². The lowest BCUT2D eigenvalue weighted by molar-refractivity contribution is 0.140. The SMILES string of the molecule is Cn1cnc(C(F)F)n1. The highest BCUT2D eigenvalue weighted by molar-refractivity contribution is 4.81. The van der Waals surface area contributed by atoms with Crippen molar-refractivity contribution in [2.45, 2.75) is 6.43 Å². The van der Waals surface area contributed by atoms with Crippen molar-refractivity contribution in [3.63, 3.8) is 0 Å². The van der Waals surface area contributed by atoms with E-state index in [9.17, 15) is 8.78 Å². The van der Waals surface area contributed by atoms with Crippen LogP contribution in [0.25, 0.3) is 0 Å². The Morgan fingerprint density at radius 1 is 1.67 bits per heavy atom. The molecule has 0 unspecified atom stereocenters. The Hall–Kier alpha value is -1.00. The molecule has 0 amide bonds. The van der Waals surface area contributed by atoms with E-state index in [0.717, 1.165) is 0 Å². The van der Waals surface area contributed by atoms with Gasteiger partial charge in [-0.25, -0.2) is 13.8 Å². The van der Waals surface area contributed by atoms with Gasteiger partial charge in [-0.2, -0.15) is 5.10 Å². The zero-order valence-electron chi connectivity index (χ0n) is 4.75. The molecule has 0 aromatic carbocycles. The molecule has 1 aromatic rings. The predicted octanol–water partition coefficient (Wildman–Crippen LogP) is 0.753. The van der Waals surface area contributed by atoms with Crippen LogP contribution in [0.4, 0.5) is 8.78 Å². The first-order valence-corrected chi connectivity index (χ1v) is 2.34. The lowest BCUT2D eigenvalue weighted by Crippen LogP contribution is -1.91. The van der Waals surface area contributed by atoms with Crippen LogP contribution >= 0.6 is 0 Å². The van der Waals surface area contributed by atoms with E-state index in [-0.39, 0.29) is 0 Å². The highest BCUT2D eigenvalue weighted by Gasteiger charge is 2.10. The minimum atomic E-state index is -2.56. The first-order valence-electron chi connectivity index (χ1n) is 2.34. The third-order valence-electron chi connectivity index (χ3n) is 0.812. The lowest BCUT2D eigenvalue weighted by atomic mass is 10.7. The average molecular weight is 133 g/mol. The van der Waals surface area contributed by atoms with Crippen LogP contribution in [-0.2, 0) is 7.05 Å². The summed E-state index contributed by atoms with van der Waals surface area (Å²) in [5, 5.41) is 3.37. The van der Waals surface area contributed by atoms with Crippen molar-refractivity contribution in [3.05, 3.63) is 12.2 Å². The van der Waals surface area contributed by atoms with Crippen molar-refractivity contribution in [1.82, 2.24) is 14.8 Å². The van der Waals surface area contributed by atoms with Crippen LogP contribution in [0.3, 0.4) is 0 Å². The minimum Gasteiger partial charge on any atom is -0.256 e. The molecule has 0 aliphatic rings. The van der Waals surface area contributed by atoms with Gasteiger partial charge in [0.1, 0.15) is 6.33 Å². The Morgan fingerprint density at radius 3 is 2.56 bits per heavy atom. The summed E-state index contributed by atoms with van der Waals surface area (Å²) in [4.78, 5) is 3.32. The largest absolute Gasteiger partial charge is 0.299 e. The number of alkyl halides is 2. The van der Waals surface area contributed by atoms with E-state index in [1.54, 1.807) is 7.05 Å². The molecular formula is C4H5F2N3. The van der Waals surface area contributed by atoms with Crippen LogP contribution in [0.5, 0.6) is 0 Å². The fraction of sp³-hybridized carbons (Fsp3) is 0.500. The second-order valence-electron chi connectivity index (χ2n) is 1.58. The predicted molar refractivity (Wildman–Crippen MR) is 26.0 cm³/mol. The molecule has 1 aromatic heterocycles. The minimum absolute atomic E-state index is 0.419. The van der Waals surface area contributed by atoms with Crippen molar-refractivity contribution in [3.8, 4) is 0 Å². The van der Waals surface area contributed by atoms with Crippen LogP contribution in [0.15, 0.2) is 6.33 Å². The van der Waals surface area contributed by atoms with Gasteiger partial charge in [-0.3, -0.25) is 4.68 Å². The number of halogens is 2. The molecule has 0 saturated carbocycles. The second-order valence-corrected chi connectivity index (χ2v) is 1.58. The van der Waals surface area contributed by atoms with Crippen molar-refractivity contribution in [2.75, 3.05) is 0 Å². The third kappa shape index (κ3) is 1.22. The van der Waals surface area contributed by atoms with E-state index >= 15 is 0 Å². The molecule has 0 bridgehead atoms. The van der Waals surface area contributed by atoms with Crippen molar-refractivity contribution >= 4 is 0 Å². The topological polar surface area (TPSA) is 30.7 Å². The molecule has 9 heavy (non-hydrogen) atoms. The van der Waals surface area contributed by atoms with Gasteiger partial charge >= 0.3 is 0 Å². The van der Waals surface area contributed by atoms with Crippen LogP contribution in [0.2, 0.25) is 0 Å². The normalized spacial score (nSPS) is 10.7. The molecule has 0 aliphatic carbocycles. The van der Waals surface area contributed by atoms with Crippen LogP contribution in [0.1, 0.15) is 12.2 Å². The van der Waals surface area contributed by atoms with Gasteiger partial charge in [0.2, 0.25) is 5.82 Å². The maximum absolute atomic E-state index is 11.6. The van der Waals surface area contributed by atoms with Crippen LogP contribution < -0.4 is 0 Å². The van der Waals surface area contributed by atoms with Crippen molar-refractivity contribution in [1.29, 1.82) is 0 Å². The molecule has 0 N–H and O–H groups in total. The number of hydrogen-bond donors (Lipinski definition) is 0. The molecule has 0 aliphatic heterocycles. The molecule has 5 heteroatoms. The maximum atomic E-state index is 11.6. The average Bonchev–Trinajstić information content (AvgIpc) is 2.14. The second kappa shape index (κ2) is 2.08. The van der Waals surface area contributed by atoms with E-state index in [1.165, 1.54) is 11.0 Å². The van der Waals surface area contributed by atoms with Crippen LogP contribution in [0, 0.1) is 0 Å². The Bertz CT molecular complexity index is 195. The molecule has 0 fully saturated rings. The summed E-state index contributed by atoms with van der Waals surface area (Å²) < 4.78 is 24.5. The third-order valence-corrected chi connectivity index (χ3v) is 0.812. The number of nitrogens with zero attached hydrogens (tertiary/aromatic N) is 3. The van der Waals surface area contributed by atoms with E-state index in [1.807, 2.05) is 0 Å². The number of rotatable bonds is 1. The number of hydrogen-bond acceptors (Lipinski definition) is 2. The Labute approximate surface area is 50.3 Å². The molecular weight excluding hydrogens is 128 g/mol. The van der Waals surface area contributed by atoms with E-state index in [4.69, 9.17) is 0 Å². The highest BCUT2D eigenvalue weighted by atomic mass is 19.3. The van der Waals surface area contributed by atoms with Crippen molar-refractivity contribution in [2.24, 2.45) is 7.05 Å². The summed E-state index contributed by atoms with van der Waals surface area (Å²) in [6, 6.07) is 0. The quantitative estimate of drug-likeness (QED) is 0.566. The van der Waals surface area contributed by atoms with Gasteiger partial charge in [0.05, 0.1) is 0 Å². The molecule has 0 radical (unpaired) electrons. The zero-order chi connectivity index (χ0) is 6.85. The Morgan fingerprint density at radius 2 is 2.33 bits per heavy atom. The smallest absolute Gasteiger partial charge is 0.256 e. The highest BCUT2D eigenvalue weighted by Crippen LogP contribution is 2.11. The summed E-state index contributed by atoms with van der Waals surface area (Å²) in [7, 11) is 1.54. The number of aromatic nitrogens is 3. The molecule has 0 atom stereocenters. The standard InChI is InChI=1S/C4H5F2N3/c1-9-2-7-4(8-9)3(5)6/h2-3H,1H3. The van der Waals surface area contributed by atoms with Gasteiger partial charge in [0.25, 0.3) is 6.43 Å². The molecule has 1 rings (SSSR count). The molecule has 0 spiro atoms. The molecule has 50 valence electrons. The molecule has 3 nitrogen and oxygen atoms in total. The Kier molecular flexibility index (Phi) is 1.42. The zero-order valence-corrected chi connectivity index (χ0v) is 4.75. The molecule has 1 heterocycles. The fourth-order valence-electron chi connectivity index (χ4n) is 0.456. The van der Waals surface area contributed by atoms with E-state index in [0.29, 0.717) is 0 Å². The molecule has 0 saturated heterocycles. The van der Waals surface area contributed by atoms with Crippen LogP contribution in [-0.4, -0.2) is 14.8 Å². The van der Waals surface area contributed by atoms with Crippen molar-refractivity contribution < 1.29 is 8.78 Å². The first-order chi connectivity index (χ1) is 4.20. The van der Waals surface area contributed by atoms with E-state index < -0.39 is 12.2 Å². The van der Waals surface area contributed by atoms with Gasteiger partial charge in [0, 0.05) is 7.05 Å². The number of aryl methyl sites for hydroxylation is 1. The summed E-state index contributed by atoms with van der Waals surface area (Å²) in [5.74, 6) is -0.419. The summed E-state index contributed by atoms with van der Waals surface area (Å²) >= 11 is 0. The summed E-state index contributed by atoms with van der Waals surface area (Å²) in [5.41, 5.74) is 0. The van der Waals surface area contributed by atoms with Gasteiger partial charge < -0.3 is 0 Å². The summed E-state index contributed by atoms with van der Waals surface area (Å²) in [6.07, 6.45) is -1.33. The monoisotopic (exact) mass is 133 g/mol. The Balaban J connectivity index is 2.85. The lowest BCUT2D eigenvalue weighted by Gasteiger charge is -1.86. The van der Waals surface area contributed by atoms with E-state index in [2.05, 4.69) is 10.1 Å². The van der Waals surface area contributed by atoms with Gasteiger partial charge in [-0.1, -0.05) is 0 Å². The maximum Gasteiger partial charge on any atom is 0.299 e.